The molecule has 0 saturated carbocycles. The predicted molar refractivity (Wildman–Crippen MR) is 117 cm³/mol. The minimum atomic E-state index is -1.57. The van der Waals surface area contributed by atoms with Crippen LogP contribution in [0, 0.1) is 0 Å². The molecule has 1 unspecified atom stereocenters. The van der Waals surface area contributed by atoms with Crippen molar-refractivity contribution in [3.05, 3.63) is 75.4 Å². The molecule has 0 fully saturated rings. The molecular weight excluding hydrogens is 474 g/mol. The molecule has 4 N–H and O–H groups in total. The Morgan fingerprint density at radius 2 is 1.73 bits per heavy atom. The highest BCUT2D eigenvalue weighted by Crippen LogP contribution is 2.35. The summed E-state index contributed by atoms with van der Waals surface area (Å²) >= 11 is 3.33. The average molecular weight is 488 g/mol. The first-order valence-corrected chi connectivity index (χ1v) is 10.5. The van der Waals surface area contributed by atoms with Crippen molar-refractivity contribution in [2.45, 2.75) is 4.90 Å². The lowest BCUT2D eigenvalue weighted by molar-refractivity contribution is 0.403. The summed E-state index contributed by atoms with van der Waals surface area (Å²) in [6, 6.07) is 15.3. The predicted octanol–water partition coefficient (Wildman–Crippen LogP) is 4.47. The summed E-state index contributed by atoms with van der Waals surface area (Å²) in [6.07, 6.45) is 0. The summed E-state index contributed by atoms with van der Waals surface area (Å²) in [4.78, 5) is 13.2. The third-order valence-electron chi connectivity index (χ3n) is 4.32. The van der Waals surface area contributed by atoms with Crippen molar-refractivity contribution in [3.63, 3.8) is 0 Å². The molecule has 1 heterocycles. The van der Waals surface area contributed by atoms with Gasteiger partial charge >= 0.3 is 0 Å². The van der Waals surface area contributed by atoms with Crippen molar-refractivity contribution in [2.24, 2.45) is 0 Å². The summed E-state index contributed by atoms with van der Waals surface area (Å²) in [5, 5.41) is 29.6. The van der Waals surface area contributed by atoms with Crippen LogP contribution in [0.25, 0.3) is 22.3 Å². The van der Waals surface area contributed by atoms with Gasteiger partial charge in [-0.05, 0) is 54.6 Å². The quantitative estimate of drug-likeness (QED) is 0.315. The third-order valence-corrected chi connectivity index (χ3v) is 5.92. The minimum Gasteiger partial charge on any atom is -0.504 e. The number of halogens is 1. The Morgan fingerprint density at radius 1 is 0.933 bits per heavy atom. The van der Waals surface area contributed by atoms with Crippen LogP contribution in [0.2, 0.25) is 0 Å². The Labute approximate surface area is 181 Å². The molecule has 0 saturated heterocycles. The number of hydrogen-bond acceptors (Lipinski definition) is 6. The summed E-state index contributed by atoms with van der Waals surface area (Å²) < 4.78 is 21.8. The molecule has 0 aliphatic rings. The summed E-state index contributed by atoms with van der Waals surface area (Å²) in [6.45, 7) is 0. The lowest BCUT2D eigenvalue weighted by Gasteiger charge is -2.10. The van der Waals surface area contributed by atoms with E-state index in [9.17, 15) is 24.3 Å². The lowest BCUT2D eigenvalue weighted by Crippen LogP contribution is -2.07. The summed E-state index contributed by atoms with van der Waals surface area (Å²) in [5.74, 6) is -1.53. The first-order chi connectivity index (χ1) is 14.3. The van der Waals surface area contributed by atoms with Gasteiger partial charge in [0.25, 0.3) is 0 Å². The van der Waals surface area contributed by atoms with Crippen LogP contribution in [0.5, 0.6) is 17.2 Å². The van der Waals surface area contributed by atoms with E-state index >= 15 is 0 Å². The highest BCUT2D eigenvalue weighted by atomic mass is 79.9. The molecule has 0 radical (unpaired) electrons. The Bertz CT molecular complexity index is 1370. The first-order valence-electron chi connectivity index (χ1n) is 8.59. The molecule has 0 bridgehead atoms. The standard InChI is InChI=1S/C21H14BrNO6S/c22-12-2-1-3-14(9-12)30(28)23-13-5-7-18-15(10-13)19(26)20(27)21(29-18)11-4-6-16(24)17(25)8-11/h1-10,23-25,27H. The average Bonchev–Trinajstić information content (AvgIpc) is 2.73. The molecule has 1 aromatic heterocycles. The maximum Gasteiger partial charge on any atom is 0.235 e. The second-order valence-electron chi connectivity index (χ2n) is 6.35. The van der Waals surface area contributed by atoms with E-state index in [1.165, 1.54) is 30.3 Å². The monoisotopic (exact) mass is 487 g/mol. The number of rotatable bonds is 4. The second kappa shape index (κ2) is 7.85. The lowest BCUT2D eigenvalue weighted by atomic mass is 10.1. The van der Waals surface area contributed by atoms with Gasteiger partial charge in [0.2, 0.25) is 11.2 Å². The largest absolute Gasteiger partial charge is 0.504 e. The molecule has 7 nitrogen and oxygen atoms in total. The van der Waals surface area contributed by atoms with E-state index in [0.717, 1.165) is 4.47 Å². The van der Waals surface area contributed by atoms with E-state index in [4.69, 9.17) is 4.42 Å². The maximum atomic E-state index is 12.7. The molecule has 1 atom stereocenters. The molecule has 0 amide bonds. The van der Waals surface area contributed by atoms with Crippen LogP contribution in [0.1, 0.15) is 0 Å². The van der Waals surface area contributed by atoms with E-state index in [2.05, 4.69) is 20.7 Å². The summed E-state index contributed by atoms with van der Waals surface area (Å²) in [5.41, 5.74) is 0.136. The molecule has 0 aliphatic heterocycles. The molecule has 9 heteroatoms. The van der Waals surface area contributed by atoms with Crippen LogP contribution in [-0.2, 0) is 11.0 Å². The van der Waals surface area contributed by atoms with Gasteiger partial charge in [0, 0.05) is 15.7 Å². The van der Waals surface area contributed by atoms with Gasteiger partial charge in [-0.3, -0.25) is 4.79 Å². The molecule has 4 aromatic rings. The van der Waals surface area contributed by atoms with Crippen LogP contribution in [-0.4, -0.2) is 19.5 Å². The van der Waals surface area contributed by atoms with Gasteiger partial charge in [0.1, 0.15) is 16.6 Å². The van der Waals surface area contributed by atoms with E-state index in [1.54, 1.807) is 24.3 Å². The zero-order valence-electron chi connectivity index (χ0n) is 15.1. The fourth-order valence-electron chi connectivity index (χ4n) is 2.86. The number of benzene rings is 3. The van der Waals surface area contributed by atoms with Gasteiger partial charge < -0.3 is 24.5 Å². The van der Waals surface area contributed by atoms with Gasteiger partial charge in [-0.1, -0.05) is 22.0 Å². The third kappa shape index (κ3) is 3.77. The van der Waals surface area contributed by atoms with Crippen molar-refractivity contribution in [3.8, 4) is 28.6 Å². The Balaban J connectivity index is 1.73. The maximum absolute atomic E-state index is 12.7. The van der Waals surface area contributed by atoms with Gasteiger partial charge in [-0.25, -0.2) is 4.21 Å². The highest BCUT2D eigenvalue weighted by Gasteiger charge is 2.17. The zero-order valence-corrected chi connectivity index (χ0v) is 17.5. The van der Waals surface area contributed by atoms with Crippen molar-refractivity contribution in [1.29, 1.82) is 0 Å². The van der Waals surface area contributed by atoms with Crippen molar-refractivity contribution < 1.29 is 23.9 Å². The molecule has 4 rings (SSSR count). The van der Waals surface area contributed by atoms with E-state index in [0.29, 0.717) is 10.6 Å². The molecule has 152 valence electrons. The number of phenols is 2. The number of aromatic hydroxyl groups is 3. The fraction of sp³-hybridized carbons (Fsp3) is 0. The van der Waals surface area contributed by atoms with Crippen molar-refractivity contribution in [1.82, 2.24) is 0 Å². The number of nitrogens with one attached hydrogen (secondary N) is 1. The van der Waals surface area contributed by atoms with Crippen LogP contribution in [0.3, 0.4) is 0 Å². The Hall–Kier alpha value is -3.30. The van der Waals surface area contributed by atoms with Gasteiger partial charge in [0.15, 0.2) is 17.3 Å². The number of anilines is 1. The fourth-order valence-corrected chi connectivity index (χ4v) is 4.30. The highest BCUT2D eigenvalue weighted by molar-refractivity contribution is 9.10. The van der Waals surface area contributed by atoms with Gasteiger partial charge in [-0.15, -0.1) is 0 Å². The SMILES string of the molecule is O=c1c(O)c(-c2ccc(O)c(O)c2)oc2ccc(NS(=O)c3cccc(Br)c3)cc12. The summed E-state index contributed by atoms with van der Waals surface area (Å²) in [7, 11) is -1.57. The minimum absolute atomic E-state index is 0.0930. The molecule has 3 aromatic carbocycles. The van der Waals surface area contributed by atoms with Crippen LogP contribution in [0.4, 0.5) is 5.69 Å². The number of hydrogen-bond donors (Lipinski definition) is 4. The molecular formula is C21H14BrNO6S. The van der Waals surface area contributed by atoms with Gasteiger partial charge in [0.05, 0.1) is 10.3 Å². The number of phenolic OH excluding ortho intramolecular Hbond substituents is 2. The normalized spacial score (nSPS) is 12.0. The van der Waals surface area contributed by atoms with Crippen molar-refractivity contribution in [2.75, 3.05) is 4.72 Å². The molecule has 30 heavy (non-hydrogen) atoms. The zero-order chi connectivity index (χ0) is 21.4. The first kappa shape index (κ1) is 20.0. The van der Waals surface area contributed by atoms with E-state index < -0.39 is 27.9 Å². The smallest absolute Gasteiger partial charge is 0.235 e. The topological polar surface area (TPSA) is 120 Å². The van der Waals surface area contributed by atoms with Crippen LogP contribution in [0.15, 0.2) is 79.2 Å². The Morgan fingerprint density at radius 3 is 2.47 bits per heavy atom. The van der Waals surface area contributed by atoms with E-state index in [-0.39, 0.29) is 28.0 Å². The van der Waals surface area contributed by atoms with Crippen LogP contribution >= 0.6 is 15.9 Å². The number of fused-ring (bicyclic) bond motifs is 1. The van der Waals surface area contributed by atoms with Gasteiger partial charge in [-0.2, -0.15) is 0 Å². The Kier molecular flexibility index (Phi) is 5.23. The molecule has 0 spiro atoms. The second-order valence-corrected chi connectivity index (χ2v) is 8.48. The van der Waals surface area contributed by atoms with E-state index in [1.807, 2.05) is 6.07 Å². The van der Waals surface area contributed by atoms with Crippen LogP contribution < -0.4 is 10.2 Å². The van der Waals surface area contributed by atoms with Crippen molar-refractivity contribution >= 4 is 43.6 Å². The molecule has 0 aliphatic carbocycles.